The summed E-state index contributed by atoms with van der Waals surface area (Å²) in [5, 5.41) is 3.19. The maximum atomic E-state index is 12.3. The predicted octanol–water partition coefficient (Wildman–Crippen LogP) is 3.71. The average molecular weight is 476 g/mol. The lowest BCUT2D eigenvalue weighted by atomic mass is 9.96. The molecule has 1 aromatic carbocycles. The minimum atomic E-state index is -3.23. The van der Waals surface area contributed by atoms with Crippen molar-refractivity contribution in [2.24, 2.45) is 5.92 Å². The van der Waals surface area contributed by atoms with Crippen LogP contribution in [0.2, 0.25) is 0 Å². The van der Waals surface area contributed by atoms with Crippen molar-refractivity contribution in [3.05, 3.63) is 36.7 Å². The van der Waals surface area contributed by atoms with Gasteiger partial charge in [0.2, 0.25) is 0 Å². The van der Waals surface area contributed by atoms with Crippen molar-refractivity contribution in [2.75, 3.05) is 43.2 Å². The molecule has 0 saturated carbocycles. The van der Waals surface area contributed by atoms with Crippen molar-refractivity contribution in [3.8, 4) is 0 Å². The van der Waals surface area contributed by atoms with E-state index < -0.39 is 15.4 Å². The Kier molecular flexibility index (Phi) is 7.46. The monoisotopic (exact) mass is 475 g/mol. The number of amides is 1. The van der Waals surface area contributed by atoms with Gasteiger partial charge < -0.3 is 19.9 Å². The number of rotatable bonds is 6. The fourth-order valence-electron chi connectivity index (χ4n) is 3.66. The Balaban J connectivity index is 1.55. The fourth-order valence-corrected chi connectivity index (χ4v) is 4.29. The van der Waals surface area contributed by atoms with Gasteiger partial charge in [-0.05, 0) is 63.8 Å². The summed E-state index contributed by atoms with van der Waals surface area (Å²) in [6, 6.07) is 8.41. The molecule has 1 saturated heterocycles. The SMILES string of the molecule is CN(CC1CCN(C(=O)OC(C)(C)C)CC1)c1cc(Nc2ccc(S(C)(=O)=O)cc2)ncn1. The number of ether oxygens (including phenoxy) is 1. The number of nitrogens with zero attached hydrogens (tertiary/aromatic N) is 4. The molecule has 1 aliphatic heterocycles. The zero-order valence-electron chi connectivity index (χ0n) is 19.9. The molecule has 0 unspecified atom stereocenters. The summed E-state index contributed by atoms with van der Waals surface area (Å²) in [5.74, 6) is 1.86. The molecular weight excluding hydrogens is 442 g/mol. The van der Waals surface area contributed by atoms with Crippen molar-refractivity contribution in [3.63, 3.8) is 0 Å². The van der Waals surface area contributed by atoms with E-state index in [-0.39, 0.29) is 11.0 Å². The van der Waals surface area contributed by atoms with Crippen molar-refractivity contribution in [1.29, 1.82) is 0 Å². The second-order valence-electron chi connectivity index (χ2n) is 9.47. The molecule has 10 heteroatoms. The molecule has 0 radical (unpaired) electrons. The molecule has 1 amide bonds. The highest BCUT2D eigenvalue weighted by Crippen LogP contribution is 2.24. The normalized spacial score (nSPS) is 15.2. The van der Waals surface area contributed by atoms with Crippen LogP contribution in [0.5, 0.6) is 0 Å². The van der Waals surface area contributed by atoms with Gasteiger partial charge in [-0.15, -0.1) is 0 Å². The van der Waals surface area contributed by atoms with Crippen LogP contribution < -0.4 is 10.2 Å². The zero-order chi connectivity index (χ0) is 24.2. The van der Waals surface area contributed by atoms with Gasteiger partial charge in [-0.25, -0.2) is 23.2 Å². The van der Waals surface area contributed by atoms with Crippen LogP contribution in [-0.4, -0.2) is 67.9 Å². The van der Waals surface area contributed by atoms with Gasteiger partial charge in [-0.3, -0.25) is 0 Å². The lowest BCUT2D eigenvalue weighted by Gasteiger charge is -2.35. The van der Waals surface area contributed by atoms with Gasteiger partial charge in [0, 0.05) is 44.7 Å². The molecule has 0 bridgehead atoms. The van der Waals surface area contributed by atoms with Crippen molar-refractivity contribution in [1.82, 2.24) is 14.9 Å². The summed E-state index contributed by atoms with van der Waals surface area (Å²) >= 11 is 0. The maximum Gasteiger partial charge on any atom is 0.410 e. The smallest absolute Gasteiger partial charge is 0.410 e. The number of piperidine rings is 1. The van der Waals surface area contributed by atoms with E-state index in [9.17, 15) is 13.2 Å². The molecule has 1 N–H and O–H groups in total. The maximum absolute atomic E-state index is 12.3. The quantitative estimate of drug-likeness (QED) is 0.674. The number of hydrogen-bond donors (Lipinski definition) is 1. The zero-order valence-corrected chi connectivity index (χ0v) is 20.7. The Morgan fingerprint density at radius 1 is 1.18 bits per heavy atom. The molecule has 0 atom stereocenters. The highest BCUT2D eigenvalue weighted by atomic mass is 32.2. The van der Waals surface area contributed by atoms with Gasteiger partial charge in [-0.2, -0.15) is 0 Å². The summed E-state index contributed by atoms with van der Waals surface area (Å²) < 4.78 is 28.7. The first kappa shape index (κ1) is 24.8. The largest absolute Gasteiger partial charge is 0.444 e. The standard InChI is InChI=1S/C23H33N5O4S/c1-23(2,3)32-22(29)28-12-10-17(11-13-28)15-27(4)21-14-20(24-16-25-21)26-18-6-8-19(9-7-18)33(5,30)31/h6-9,14,16-17H,10-13,15H2,1-5H3,(H,24,25,26). The molecular formula is C23H33N5O4S. The van der Waals surface area contributed by atoms with E-state index in [2.05, 4.69) is 20.2 Å². The molecule has 1 aromatic heterocycles. The topological polar surface area (TPSA) is 105 Å². The third kappa shape index (κ3) is 7.31. The van der Waals surface area contributed by atoms with Crippen LogP contribution in [0.25, 0.3) is 0 Å². The lowest BCUT2D eigenvalue weighted by molar-refractivity contribution is 0.0186. The van der Waals surface area contributed by atoms with Crippen LogP contribution in [0.3, 0.4) is 0 Å². The third-order valence-corrected chi connectivity index (χ3v) is 6.53. The molecule has 1 fully saturated rings. The molecule has 0 spiro atoms. The van der Waals surface area contributed by atoms with Gasteiger partial charge in [-0.1, -0.05) is 0 Å². The second kappa shape index (κ2) is 9.94. The Morgan fingerprint density at radius 2 is 1.82 bits per heavy atom. The summed E-state index contributed by atoms with van der Waals surface area (Å²) in [5.41, 5.74) is 0.257. The number of likely N-dealkylation sites (tertiary alicyclic amines) is 1. The van der Waals surface area contributed by atoms with E-state index in [0.29, 0.717) is 24.8 Å². The number of hydrogen-bond acceptors (Lipinski definition) is 8. The molecule has 180 valence electrons. The number of carbonyl (C=O) groups excluding carboxylic acids is 1. The molecule has 0 aliphatic carbocycles. The summed E-state index contributed by atoms with van der Waals surface area (Å²) in [6.45, 7) is 7.83. The summed E-state index contributed by atoms with van der Waals surface area (Å²) in [7, 11) is -1.24. The van der Waals surface area contributed by atoms with Crippen LogP contribution in [0, 0.1) is 5.92 Å². The Hall–Kier alpha value is -2.88. The third-order valence-electron chi connectivity index (χ3n) is 5.40. The van der Waals surface area contributed by atoms with Crippen molar-refractivity contribution >= 4 is 33.3 Å². The van der Waals surface area contributed by atoms with E-state index in [1.165, 1.54) is 12.6 Å². The summed E-state index contributed by atoms with van der Waals surface area (Å²) in [6.07, 6.45) is 4.26. The second-order valence-corrected chi connectivity index (χ2v) is 11.5. The van der Waals surface area contributed by atoms with E-state index in [1.54, 1.807) is 29.2 Å². The molecule has 1 aliphatic rings. The van der Waals surface area contributed by atoms with Crippen molar-refractivity contribution < 1.29 is 17.9 Å². The van der Waals surface area contributed by atoms with Crippen LogP contribution >= 0.6 is 0 Å². The van der Waals surface area contributed by atoms with Gasteiger partial charge in [0.25, 0.3) is 0 Å². The van der Waals surface area contributed by atoms with Gasteiger partial charge in [0.1, 0.15) is 23.6 Å². The lowest BCUT2D eigenvalue weighted by Crippen LogP contribution is -2.43. The minimum absolute atomic E-state index is 0.245. The van der Waals surface area contributed by atoms with Gasteiger partial charge in [0.15, 0.2) is 9.84 Å². The molecule has 2 aromatic rings. The molecule has 2 heterocycles. The van der Waals surface area contributed by atoms with E-state index >= 15 is 0 Å². The Bertz CT molecular complexity index is 1060. The first-order valence-electron chi connectivity index (χ1n) is 11.0. The fraction of sp³-hybridized carbons (Fsp3) is 0.522. The van der Waals surface area contributed by atoms with Gasteiger partial charge in [0.05, 0.1) is 4.90 Å². The number of carbonyl (C=O) groups is 1. The first-order chi connectivity index (χ1) is 15.4. The molecule has 33 heavy (non-hydrogen) atoms. The van der Waals surface area contributed by atoms with Crippen LogP contribution in [0.4, 0.5) is 22.1 Å². The number of nitrogens with one attached hydrogen (secondary N) is 1. The highest BCUT2D eigenvalue weighted by molar-refractivity contribution is 7.90. The summed E-state index contributed by atoms with van der Waals surface area (Å²) in [4.78, 5) is 25.1. The Morgan fingerprint density at radius 3 is 2.39 bits per heavy atom. The Labute approximate surface area is 196 Å². The number of aromatic nitrogens is 2. The van der Waals surface area contributed by atoms with Crippen LogP contribution in [0.1, 0.15) is 33.6 Å². The molecule has 9 nitrogen and oxygen atoms in total. The first-order valence-corrected chi connectivity index (χ1v) is 12.9. The number of anilines is 3. The number of sulfone groups is 1. The highest BCUT2D eigenvalue weighted by Gasteiger charge is 2.27. The number of benzene rings is 1. The van der Waals surface area contributed by atoms with Crippen LogP contribution in [0.15, 0.2) is 41.6 Å². The van der Waals surface area contributed by atoms with E-state index in [1.807, 2.05) is 33.9 Å². The predicted molar refractivity (Wildman–Crippen MR) is 129 cm³/mol. The van der Waals surface area contributed by atoms with E-state index in [4.69, 9.17) is 4.74 Å². The molecule has 3 rings (SSSR count). The average Bonchev–Trinajstić information content (AvgIpc) is 2.73. The van der Waals surface area contributed by atoms with Crippen LogP contribution in [-0.2, 0) is 14.6 Å². The van der Waals surface area contributed by atoms with E-state index in [0.717, 1.165) is 30.9 Å². The van der Waals surface area contributed by atoms with Crippen molar-refractivity contribution in [2.45, 2.75) is 44.1 Å². The van der Waals surface area contributed by atoms with Gasteiger partial charge >= 0.3 is 6.09 Å². The minimum Gasteiger partial charge on any atom is -0.444 e.